The van der Waals surface area contributed by atoms with E-state index in [0.717, 1.165) is 19.3 Å². The molecule has 0 aliphatic heterocycles. The minimum absolute atomic E-state index is 0.0884. The standard InChI is InChI=1S/C11H18F3NO3/c12-11(13,14)7-18-6-10(17)15-4-8-2-1-3-9(8)5-16/h8-9,16H,1-7H2,(H,15,17). The molecular formula is C11H18F3NO3. The van der Waals surface area contributed by atoms with E-state index < -0.39 is 25.3 Å². The van der Waals surface area contributed by atoms with Gasteiger partial charge in [-0.15, -0.1) is 0 Å². The van der Waals surface area contributed by atoms with Crippen LogP contribution in [0.4, 0.5) is 13.2 Å². The molecule has 2 atom stereocenters. The van der Waals surface area contributed by atoms with Gasteiger partial charge >= 0.3 is 6.18 Å². The van der Waals surface area contributed by atoms with Gasteiger partial charge in [0.2, 0.25) is 5.91 Å². The van der Waals surface area contributed by atoms with Gasteiger partial charge in [0.1, 0.15) is 13.2 Å². The van der Waals surface area contributed by atoms with Gasteiger partial charge in [-0.1, -0.05) is 6.42 Å². The summed E-state index contributed by atoms with van der Waals surface area (Å²) >= 11 is 0. The van der Waals surface area contributed by atoms with Gasteiger partial charge in [0.25, 0.3) is 0 Å². The summed E-state index contributed by atoms with van der Waals surface area (Å²) in [7, 11) is 0. The highest BCUT2D eigenvalue weighted by molar-refractivity contribution is 5.77. The maximum atomic E-state index is 11.8. The Morgan fingerprint density at radius 1 is 1.33 bits per heavy atom. The molecule has 1 fully saturated rings. The van der Waals surface area contributed by atoms with Crippen LogP contribution in [0.25, 0.3) is 0 Å². The van der Waals surface area contributed by atoms with Crippen LogP contribution in [0.15, 0.2) is 0 Å². The first-order chi connectivity index (χ1) is 8.42. The number of aliphatic hydroxyl groups excluding tert-OH is 1. The molecule has 0 bridgehead atoms. The van der Waals surface area contributed by atoms with Gasteiger partial charge in [0, 0.05) is 13.2 Å². The lowest BCUT2D eigenvalue weighted by Gasteiger charge is -2.17. The van der Waals surface area contributed by atoms with Gasteiger partial charge in [-0.05, 0) is 24.7 Å². The minimum atomic E-state index is -4.41. The number of nitrogens with one attached hydrogen (secondary N) is 1. The molecule has 1 amide bonds. The third-order valence-electron chi connectivity index (χ3n) is 3.11. The van der Waals surface area contributed by atoms with E-state index in [1.165, 1.54) is 0 Å². The van der Waals surface area contributed by atoms with Crippen LogP contribution in [0.5, 0.6) is 0 Å². The summed E-state index contributed by atoms with van der Waals surface area (Å²) in [6.07, 6.45) is -1.54. The average molecular weight is 269 g/mol. The number of ether oxygens (including phenoxy) is 1. The number of alkyl halides is 3. The second kappa shape index (κ2) is 6.94. The fraction of sp³-hybridized carbons (Fsp3) is 0.909. The monoisotopic (exact) mass is 269 g/mol. The van der Waals surface area contributed by atoms with Crippen molar-refractivity contribution in [1.29, 1.82) is 0 Å². The van der Waals surface area contributed by atoms with Crippen molar-refractivity contribution < 1.29 is 27.8 Å². The van der Waals surface area contributed by atoms with Crippen molar-refractivity contribution in [3.8, 4) is 0 Å². The summed E-state index contributed by atoms with van der Waals surface area (Å²) in [6.45, 7) is -1.52. The number of amides is 1. The van der Waals surface area contributed by atoms with Crippen LogP contribution in [0.2, 0.25) is 0 Å². The Balaban J connectivity index is 2.13. The molecule has 0 spiro atoms. The van der Waals surface area contributed by atoms with Gasteiger partial charge in [0.05, 0.1) is 0 Å². The van der Waals surface area contributed by atoms with E-state index in [2.05, 4.69) is 10.1 Å². The van der Waals surface area contributed by atoms with Gasteiger partial charge in [-0.25, -0.2) is 0 Å². The van der Waals surface area contributed by atoms with Crippen molar-refractivity contribution in [2.75, 3.05) is 26.4 Å². The highest BCUT2D eigenvalue weighted by atomic mass is 19.4. The summed E-state index contributed by atoms with van der Waals surface area (Å²) < 4.78 is 39.5. The molecule has 0 aromatic rings. The number of aliphatic hydroxyl groups is 1. The van der Waals surface area contributed by atoms with Crippen molar-refractivity contribution >= 4 is 5.91 Å². The van der Waals surface area contributed by atoms with E-state index in [0.29, 0.717) is 6.54 Å². The number of carbonyl (C=O) groups is 1. The molecule has 4 nitrogen and oxygen atoms in total. The SMILES string of the molecule is O=C(COCC(F)(F)F)NCC1CCCC1CO. The lowest BCUT2D eigenvalue weighted by atomic mass is 9.97. The predicted molar refractivity (Wildman–Crippen MR) is 57.8 cm³/mol. The molecule has 1 rings (SSSR count). The van der Waals surface area contributed by atoms with Crippen LogP contribution < -0.4 is 5.32 Å². The van der Waals surface area contributed by atoms with E-state index in [1.54, 1.807) is 0 Å². The number of halogens is 3. The van der Waals surface area contributed by atoms with Gasteiger partial charge in [0.15, 0.2) is 0 Å². The largest absolute Gasteiger partial charge is 0.411 e. The van der Waals surface area contributed by atoms with Crippen molar-refractivity contribution in [3.05, 3.63) is 0 Å². The molecule has 0 heterocycles. The highest BCUT2D eigenvalue weighted by Crippen LogP contribution is 2.30. The quantitative estimate of drug-likeness (QED) is 0.759. The topological polar surface area (TPSA) is 58.6 Å². The van der Waals surface area contributed by atoms with Gasteiger partial charge < -0.3 is 15.2 Å². The predicted octanol–water partition coefficient (Wildman–Crippen LogP) is 1.09. The molecule has 18 heavy (non-hydrogen) atoms. The average Bonchev–Trinajstić information content (AvgIpc) is 2.71. The first kappa shape index (κ1) is 15.2. The van der Waals surface area contributed by atoms with Crippen LogP contribution in [-0.4, -0.2) is 43.6 Å². The summed E-state index contributed by atoms with van der Waals surface area (Å²) in [5.74, 6) is -0.161. The molecule has 0 aromatic carbocycles. The van der Waals surface area contributed by atoms with E-state index in [4.69, 9.17) is 5.11 Å². The van der Waals surface area contributed by atoms with Crippen molar-refractivity contribution in [3.63, 3.8) is 0 Å². The Labute approximate surface area is 103 Å². The highest BCUT2D eigenvalue weighted by Gasteiger charge is 2.28. The molecular weight excluding hydrogens is 251 g/mol. The van der Waals surface area contributed by atoms with Gasteiger partial charge in [-0.2, -0.15) is 13.2 Å². The van der Waals surface area contributed by atoms with E-state index in [-0.39, 0.29) is 18.4 Å². The first-order valence-corrected chi connectivity index (χ1v) is 5.94. The third-order valence-corrected chi connectivity index (χ3v) is 3.11. The number of carbonyl (C=O) groups excluding carboxylic acids is 1. The molecule has 1 aliphatic rings. The van der Waals surface area contributed by atoms with Crippen molar-refractivity contribution in [2.24, 2.45) is 11.8 Å². The molecule has 2 N–H and O–H groups in total. The van der Waals surface area contributed by atoms with Gasteiger partial charge in [-0.3, -0.25) is 4.79 Å². The Morgan fingerprint density at radius 2 is 2.00 bits per heavy atom. The van der Waals surface area contributed by atoms with Crippen LogP contribution in [0.1, 0.15) is 19.3 Å². The number of hydrogen-bond acceptors (Lipinski definition) is 3. The summed E-state index contributed by atoms with van der Waals surface area (Å²) in [5, 5.41) is 11.6. The number of rotatable bonds is 6. The van der Waals surface area contributed by atoms with Crippen LogP contribution in [0.3, 0.4) is 0 Å². The number of hydrogen-bond donors (Lipinski definition) is 2. The van der Waals surface area contributed by atoms with E-state index >= 15 is 0 Å². The zero-order valence-corrected chi connectivity index (χ0v) is 10.0. The third kappa shape index (κ3) is 5.68. The van der Waals surface area contributed by atoms with E-state index in [1.807, 2.05) is 0 Å². The molecule has 106 valence electrons. The molecule has 7 heteroatoms. The minimum Gasteiger partial charge on any atom is -0.396 e. The Kier molecular flexibility index (Phi) is 5.87. The lowest BCUT2D eigenvalue weighted by molar-refractivity contribution is -0.175. The zero-order chi connectivity index (χ0) is 13.6. The molecule has 0 radical (unpaired) electrons. The molecule has 1 aliphatic carbocycles. The Morgan fingerprint density at radius 3 is 2.61 bits per heavy atom. The molecule has 2 unspecified atom stereocenters. The van der Waals surface area contributed by atoms with Crippen LogP contribution in [0, 0.1) is 11.8 Å². The van der Waals surface area contributed by atoms with Crippen molar-refractivity contribution in [2.45, 2.75) is 25.4 Å². The Hall–Kier alpha value is -0.820. The summed E-state index contributed by atoms with van der Waals surface area (Å²) in [5.41, 5.74) is 0. The first-order valence-electron chi connectivity index (χ1n) is 5.94. The summed E-state index contributed by atoms with van der Waals surface area (Å²) in [6, 6.07) is 0. The normalized spacial score (nSPS) is 24.2. The van der Waals surface area contributed by atoms with Crippen LogP contribution in [-0.2, 0) is 9.53 Å². The Bertz CT molecular complexity index is 271. The maximum Gasteiger partial charge on any atom is 0.411 e. The fourth-order valence-electron chi connectivity index (χ4n) is 2.18. The molecule has 0 saturated heterocycles. The maximum absolute atomic E-state index is 11.8. The van der Waals surface area contributed by atoms with Crippen LogP contribution >= 0.6 is 0 Å². The lowest BCUT2D eigenvalue weighted by Crippen LogP contribution is -2.35. The molecule has 1 saturated carbocycles. The zero-order valence-electron chi connectivity index (χ0n) is 10.0. The second-order valence-electron chi connectivity index (χ2n) is 4.55. The smallest absolute Gasteiger partial charge is 0.396 e. The summed E-state index contributed by atoms with van der Waals surface area (Å²) in [4.78, 5) is 11.2. The van der Waals surface area contributed by atoms with Crippen molar-refractivity contribution in [1.82, 2.24) is 5.32 Å². The fourth-order valence-corrected chi connectivity index (χ4v) is 2.18. The molecule has 0 aromatic heterocycles. The second-order valence-corrected chi connectivity index (χ2v) is 4.55. The van der Waals surface area contributed by atoms with E-state index in [9.17, 15) is 18.0 Å².